The molecule has 174 valence electrons. The van der Waals surface area contributed by atoms with Gasteiger partial charge in [-0.25, -0.2) is 8.42 Å². The Kier molecular flexibility index (Phi) is 7.36. The molecule has 6 nitrogen and oxygen atoms in total. The van der Waals surface area contributed by atoms with Crippen molar-refractivity contribution in [1.29, 1.82) is 0 Å². The molecule has 11 heteroatoms. The molecule has 1 amide bonds. The van der Waals surface area contributed by atoms with E-state index in [0.717, 1.165) is 30.5 Å². The summed E-state index contributed by atoms with van der Waals surface area (Å²) in [6.45, 7) is 1.83. The Morgan fingerprint density at radius 2 is 1.91 bits per heavy atom. The van der Waals surface area contributed by atoms with Crippen LogP contribution in [0, 0.1) is 6.92 Å². The molecule has 1 fully saturated rings. The summed E-state index contributed by atoms with van der Waals surface area (Å²) in [5, 5.41) is 2.02. The van der Waals surface area contributed by atoms with E-state index in [-0.39, 0.29) is 23.2 Å². The number of sulfonamides is 1. The van der Waals surface area contributed by atoms with Crippen molar-refractivity contribution in [2.75, 3.05) is 24.0 Å². The van der Waals surface area contributed by atoms with Crippen LogP contribution in [0.2, 0.25) is 5.02 Å². The van der Waals surface area contributed by atoms with Gasteiger partial charge in [0.15, 0.2) is 0 Å². The second kappa shape index (κ2) is 9.68. The Bertz CT molecular complexity index is 1070. The summed E-state index contributed by atoms with van der Waals surface area (Å²) in [6, 6.07) is 8.52. The zero-order valence-corrected chi connectivity index (χ0v) is 18.7. The van der Waals surface area contributed by atoms with Crippen molar-refractivity contribution in [3.63, 3.8) is 0 Å². The summed E-state index contributed by atoms with van der Waals surface area (Å²) in [5.74, 6) is -0.667. The smallest absolute Gasteiger partial charge is 0.376 e. The lowest BCUT2D eigenvalue weighted by molar-refractivity contribution is -0.137. The molecule has 3 rings (SSSR count). The number of carbonyl (C=O) groups is 1. The quantitative estimate of drug-likeness (QED) is 0.632. The van der Waals surface area contributed by atoms with E-state index < -0.39 is 39.2 Å². The average molecular weight is 491 g/mol. The van der Waals surface area contributed by atoms with E-state index in [2.05, 4.69) is 5.32 Å². The first-order chi connectivity index (χ1) is 15.0. The van der Waals surface area contributed by atoms with Crippen LogP contribution in [0.4, 0.5) is 18.9 Å². The molecule has 0 aromatic heterocycles. The molecule has 0 saturated carbocycles. The standard InChI is InChI=1S/C21H22ClF3N2O4S/c1-14-4-7-17(8-5-14)32(29,30)27(13-20(28)26-12-16-3-2-10-31-16)15-6-9-19(22)18(11-15)21(23,24)25/h4-9,11,16H,2-3,10,12-13H2,1H3,(H,26,28). The second-order valence-corrected chi connectivity index (χ2v) is 9.70. The van der Waals surface area contributed by atoms with Crippen molar-refractivity contribution in [2.45, 2.75) is 36.9 Å². The first-order valence-corrected chi connectivity index (χ1v) is 11.6. The third-order valence-corrected chi connectivity index (χ3v) is 7.11. The number of halogens is 4. The topological polar surface area (TPSA) is 75.7 Å². The van der Waals surface area contributed by atoms with Crippen molar-refractivity contribution < 1.29 is 31.1 Å². The minimum atomic E-state index is -4.80. The summed E-state index contributed by atoms with van der Waals surface area (Å²) < 4.78 is 72.8. The maximum absolute atomic E-state index is 13.4. The van der Waals surface area contributed by atoms with Gasteiger partial charge in [-0.05, 0) is 50.1 Å². The van der Waals surface area contributed by atoms with Gasteiger partial charge < -0.3 is 10.1 Å². The number of benzene rings is 2. The van der Waals surface area contributed by atoms with Crippen LogP contribution in [-0.4, -0.2) is 40.1 Å². The van der Waals surface area contributed by atoms with Gasteiger partial charge in [0.2, 0.25) is 5.91 Å². The minimum absolute atomic E-state index is 0.154. The fraction of sp³-hybridized carbons (Fsp3) is 0.381. The van der Waals surface area contributed by atoms with Crippen LogP contribution in [0.25, 0.3) is 0 Å². The Labute approximate surface area is 189 Å². The molecule has 1 N–H and O–H groups in total. The molecule has 2 aromatic carbocycles. The fourth-order valence-electron chi connectivity index (χ4n) is 3.26. The van der Waals surface area contributed by atoms with Gasteiger partial charge in [0.05, 0.1) is 27.3 Å². The lowest BCUT2D eigenvalue weighted by Crippen LogP contribution is -2.43. The van der Waals surface area contributed by atoms with E-state index >= 15 is 0 Å². The van der Waals surface area contributed by atoms with Crippen LogP contribution < -0.4 is 9.62 Å². The zero-order chi connectivity index (χ0) is 23.5. The van der Waals surface area contributed by atoms with E-state index in [1.165, 1.54) is 12.1 Å². The molecule has 1 saturated heterocycles. The first kappa shape index (κ1) is 24.3. The number of hydrogen-bond acceptors (Lipinski definition) is 4. The van der Waals surface area contributed by atoms with Gasteiger partial charge >= 0.3 is 6.18 Å². The highest BCUT2D eigenvalue weighted by Gasteiger charge is 2.35. The van der Waals surface area contributed by atoms with Crippen LogP contribution >= 0.6 is 11.6 Å². The van der Waals surface area contributed by atoms with Crippen molar-refractivity contribution >= 4 is 33.2 Å². The van der Waals surface area contributed by atoms with Gasteiger partial charge in [0.1, 0.15) is 6.54 Å². The highest BCUT2D eigenvalue weighted by atomic mass is 35.5. The third-order valence-electron chi connectivity index (χ3n) is 4.99. The molecule has 1 atom stereocenters. The second-order valence-electron chi connectivity index (χ2n) is 7.43. The molecule has 0 aliphatic carbocycles. The summed E-state index contributed by atoms with van der Waals surface area (Å²) in [6.07, 6.45) is -3.35. The maximum atomic E-state index is 13.4. The number of ether oxygens (including phenoxy) is 1. The van der Waals surface area contributed by atoms with Crippen molar-refractivity contribution in [3.8, 4) is 0 Å². The molecule has 0 bridgehead atoms. The first-order valence-electron chi connectivity index (χ1n) is 9.83. The predicted molar refractivity (Wildman–Crippen MR) is 114 cm³/mol. The number of anilines is 1. The number of rotatable bonds is 7. The Hall–Kier alpha value is -2.30. The molecule has 1 heterocycles. The Morgan fingerprint density at radius 1 is 1.22 bits per heavy atom. The lowest BCUT2D eigenvalue weighted by atomic mass is 10.2. The average Bonchev–Trinajstić information content (AvgIpc) is 3.24. The van der Waals surface area contributed by atoms with E-state index in [0.29, 0.717) is 17.0 Å². The molecule has 32 heavy (non-hydrogen) atoms. The lowest BCUT2D eigenvalue weighted by Gasteiger charge is -2.25. The van der Waals surface area contributed by atoms with Gasteiger partial charge in [-0.3, -0.25) is 9.10 Å². The Morgan fingerprint density at radius 3 is 2.50 bits per heavy atom. The fourth-order valence-corrected chi connectivity index (χ4v) is 4.89. The van der Waals surface area contributed by atoms with Crippen LogP contribution in [0.1, 0.15) is 24.0 Å². The largest absolute Gasteiger partial charge is 0.417 e. The van der Waals surface area contributed by atoms with Gasteiger partial charge in [0.25, 0.3) is 10.0 Å². The summed E-state index contributed by atoms with van der Waals surface area (Å²) in [5.41, 5.74) is -0.717. The van der Waals surface area contributed by atoms with Gasteiger partial charge in [-0.15, -0.1) is 0 Å². The molecule has 0 radical (unpaired) electrons. The van der Waals surface area contributed by atoms with E-state index in [1.54, 1.807) is 19.1 Å². The van der Waals surface area contributed by atoms with E-state index in [9.17, 15) is 26.4 Å². The highest BCUT2D eigenvalue weighted by molar-refractivity contribution is 7.92. The predicted octanol–water partition coefficient (Wildman–Crippen LogP) is 4.16. The number of alkyl halides is 3. The zero-order valence-electron chi connectivity index (χ0n) is 17.2. The van der Waals surface area contributed by atoms with Gasteiger partial charge in [0, 0.05) is 13.2 Å². The molecule has 1 aliphatic heterocycles. The molecule has 1 unspecified atom stereocenters. The van der Waals surface area contributed by atoms with E-state index in [1.807, 2.05) is 0 Å². The van der Waals surface area contributed by atoms with Crippen LogP contribution in [-0.2, 0) is 25.7 Å². The normalized spacial score (nSPS) is 16.7. The number of amides is 1. The van der Waals surface area contributed by atoms with Gasteiger partial charge in [-0.2, -0.15) is 13.2 Å². The number of aryl methyl sites for hydroxylation is 1. The number of nitrogens with zero attached hydrogens (tertiary/aromatic N) is 1. The number of carbonyl (C=O) groups excluding carboxylic acids is 1. The van der Waals surface area contributed by atoms with Crippen LogP contribution in [0.15, 0.2) is 47.4 Å². The SMILES string of the molecule is Cc1ccc(S(=O)(=O)N(CC(=O)NCC2CCCO2)c2ccc(Cl)c(C(F)(F)F)c2)cc1. The summed E-state index contributed by atoms with van der Waals surface area (Å²) in [4.78, 5) is 12.4. The highest BCUT2D eigenvalue weighted by Crippen LogP contribution is 2.38. The maximum Gasteiger partial charge on any atom is 0.417 e. The number of hydrogen-bond donors (Lipinski definition) is 1. The van der Waals surface area contributed by atoms with Crippen LogP contribution in [0.5, 0.6) is 0 Å². The molecular weight excluding hydrogens is 469 g/mol. The summed E-state index contributed by atoms with van der Waals surface area (Å²) in [7, 11) is -4.35. The minimum Gasteiger partial charge on any atom is -0.376 e. The van der Waals surface area contributed by atoms with Crippen LogP contribution in [0.3, 0.4) is 0 Å². The van der Waals surface area contributed by atoms with Crippen molar-refractivity contribution in [3.05, 3.63) is 58.6 Å². The molecule has 1 aliphatic rings. The third kappa shape index (κ3) is 5.73. The molecule has 2 aromatic rings. The monoisotopic (exact) mass is 490 g/mol. The number of nitrogens with one attached hydrogen (secondary N) is 1. The molecular formula is C21H22ClF3N2O4S. The van der Waals surface area contributed by atoms with Crippen molar-refractivity contribution in [1.82, 2.24) is 5.32 Å². The molecule has 0 spiro atoms. The Balaban J connectivity index is 1.95. The van der Waals surface area contributed by atoms with E-state index in [4.69, 9.17) is 16.3 Å². The van der Waals surface area contributed by atoms with Gasteiger partial charge in [-0.1, -0.05) is 29.3 Å². The summed E-state index contributed by atoms with van der Waals surface area (Å²) >= 11 is 5.68. The van der Waals surface area contributed by atoms with Crippen molar-refractivity contribution in [2.24, 2.45) is 0 Å².